The fourth-order valence-electron chi connectivity index (χ4n) is 3.15. The van der Waals surface area contributed by atoms with E-state index in [1.54, 1.807) is 18.9 Å². The lowest BCUT2D eigenvalue weighted by atomic mass is 9.98. The monoisotopic (exact) mass is 385 g/mol. The summed E-state index contributed by atoms with van der Waals surface area (Å²) in [6.07, 6.45) is -1.17. The Labute approximate surface area is 167 Å². The average molecular weight is 386 g/mol. The summed E-state index contributed by atoms with van der Waals surface area (Å²) in [5.74, 6) is -0.477. The quantitative estimate of drug-likeness (QED) is 0.659. The maximum absolute atomic E-state index is 12.7. The van der Waals surface area contributed by atoms with Gasteiger partial charge in [0.05, 0.1) is 31.5 Å². The summed E-state index contributed by atoms with van der Waals surface area (Å²) in [7, 11) is 1.69. The standard InChI is InChI=1S/C23H31NO4/c1-17(14-21(25)16-28-15-19-10-6-4-7-11-19)23(27)24(3)18(2)22(26)20-12-8-5-9-13-20/h4-13,17-18,21-22,25-26H,14-16H2,1-3H3/t17-,18-,21+,22+/m0/s1. The van der Waals surface area contributed by atoms with Gasteiger partial charge in [-0.3, -0.25) is 4.79 Å². The minimum absolute atomic E-state index is 0.107. The molecule has 0 saturated heterocycles. The van der Waals surface area contributed by atoms with Crippen LogP contribution in [0.3, 0.4) is 0 Å². The maximum Gasteiger partial charge on any atom is 0.225 e. The Balaban J connectivity index is 1.80. The number of rotatable bonds is 10. The number of aliphatic hydroxyl groups excluding tert-OH is 2. The van der Waals surface area contributed by atoms with Gasteiger partial charge in [-0.2, -0.15) is 0 Å². The molecule has 0 fully saturated rings. The minimum atomic E-state index is -0.763. The van der Waals surface area contributed by atoms with Crippen LogP contribution in [0, 0.1) is 5.92 Å². The molecule has 0 aliphatic carbocycles. The van der Waals surface area contributed by atoms with Crippen molar-refractivity contribution in [1.29, 1.82) is 0 Å². The molecule has 2 aromatic rings. The molecular formula is C23H31NO4. The number of hydrogen-bond acceptors (Lipinski definition) is 4. The zero-order valence-corrected chi connectivity index (χ0v) is 16.9. The maximum atomic E-state index is 12.7. The van der Waals surface area contributed by atoms with Gasteiger partial charge >= 0.3 is 0 Å². The van der Waals surface area contributed by atoms with Crippen molar-refractivity contribution in [2.75, 3.05) is 13.7 Å². The highest BCUT2D eigenvalue weighted by molar-refractivity contribution is 5.78. The molecule has 0 radical (unpaired) electrons. The molecule has 0 spiro atoms. The summed E-state index contributed by atoms with van der Waals surface area (Å²) < 4.78 is 5.55. The molecule has 2 rings (SSSR count). The van der Waals surface area contributed by atoms with E-state index in [4.69, 9.17) is 4.74 Å². The van der Waals surface area contributed by atoms with Gasteiger partial charge < -0.3 is 19.8 Å². The van der Waals surface area contributed by atoms with Gasteiger partial charge in [0.2, 0.25) is 5.91 Å². The lowest BCUT2D eigenvalue weighted by molar-refractivity contribution is -0.139. The Hall–Kier alpha value is -2.21. The Morgan fingerprint density at radius 1 is 1.00 bits per heavy atom. The molecule has 5 nitrogen and oxygen atoms in total. The number of carbonyl (C=O) groups is 1. The van der Waals surface area contributed by atoms with Crippen molar-refractivity contribution in [2.24, 2.45) is 5.92 Å². The van der Waals surface area contributed by atoms with Gasteiger partial charge in [0.25, 0.3) is 0 Å². The van der Waals surface area contributed by atoms with Crippen LogP contribution in [0.4, 0.5) is 0 Å². The number of benzene rings is 2. The molecule has 5 heteroatoms. The van der Waals surface area contributed by atoms with E-state index in [0.29, 0.717) is 13.0 Å². The molecule has 28 heavy (non-hydrogen) atoms. The molecule has 0 bridgehead atoms. The summed E-state index contributed by atoms with van der Waals surface area (Å²) in [6.45, 7) is 4.22. The average Bonchev–Trinajstić information content (AvgIpc) is 2.72. The molecule has 0 aromatic heterocycles. The van der Waals surface area contributed by atoms with Crippen molar-refractivity contribution in [3.05, 3.63) is 71.8 Å². The highest BCUT2D eigenvalue weighted by Gasteiger charge is 2.28. The summed E-state index contributed by atoms with van der Waals surface area (Å²) in [6, 6.07) is 18.7. The number of nitrogens with zero attached hydrogens (tertiary/aromatic N) is 1. The van der Waals surface area contributed by atoms with Crippen molar-refractivity contribution < 1.29 is 19.7 Å². The Kier molecular flexibility index (Phi) is 8.64. The molecule has 0 heterocycles. The van der Waals surface area contributed by atoms with Crippen LogP contribution in [-0.2, 0) is 16.1 Å². The summed E-state index contributed by atoms with van der Waals surface area (Å²) in [5.41, 5.74) is 1.82. The van der Waals surface area contributed by atoms with Gasteiger partial charge in [0, 0.05) is 13.0 Å². The van der Waals surface area contributed by atoms with E-state index < -0.39 is 12.2 Å². The van der Waals surface area contributed by atoms with E-state index in [2.05, 4.69) is 0 Å². The normalized spacial score (nSPS) is 15.5. The second-order valence-corrected chi connectivity index (χ2v) is 7.34. The van der Waals surface area contributed by atoms with Gasteiger partial charge in [0.15, 0.2) is 0 Å². The van der Waals surface area contributed by atoms with E-state index in [0.717, 1.165) is 11.1 Å². The Morgan fingerprint density at radius 2 is 1.57 bits per heavy atom. The van der Waals surface area contributed by atoms with Crippen LogP contribution in [-0.4, -0.2) is 46.8 Å². The Morgan fingerprint density at radius 3 is 2.18 bits per heavy atom. The van der Waals surface area contributed by atoms with Crippen molar-refractivity contribution in [3.8, 4) is 0 Å². The van der Waals surface area contributed by atoms with Gasteiger partial charge in [-0.25, -0.2) is 0 Å². The number of hydrogen-bond donors (Lipinski definition) is 2. The van der Waals surface area contributed by atoms with E-state index in [-0.39, 0.29) is 24.5 Å². The third kappa shape index (κ3) is 6.44. The number of likely N-dealkylation sites (N-methyl/N-ethyl adjacent to an activating group) is 1. The smallest absolute Gasteiger partial charge is 0.225 e. The van der Waals surface area contributed by atoms with E-state index in [9.17, 15) is 15.0 Å². The van der Waals surface area contributed by atoms with E-state index >= 15 is 0 Å². The SMILES string of the molecule is C[C@@H](C[C@@H](O)COCc1ccccc1)C(=O)N(C)[C@@H](C)[C@@H](O)c1ccccc1. The summed E-state index contributed by atoms with van der Waals surface area (Å²) >= 11 is 0. The minimum Gasteiger partial charge on any atom is -0.391 e. The summed E-state index contributed by atoms with van der Waals surface area (Å²) in [4.78, 5) is 14.3. The van der Waals surface area contributed by atoms with Crippen molar-refractivity contribution in [3.63, 3.8) is 0 Å². The first-order valence-electron chi connectivity index (χ1n) is 9.69. The molecule has 0 aliphatic rings. The second kappa shape index (κ2) is 11.0. The highest BCUT2D eigenvalue weighted by atomic mass is 16.5. The lowest BCUT2D eigenvalue weighted by Gasteiger charge is -2.31. The van der Waals surface area contributed by atoms with Crippen molar-refractivity contribution in [2.45, 2.75) is 45.1 Å². The van der Waals surface area contributed by atoms with Crippen molar-refractivity contribution >= 4 is 5.91 Å². The van der Waals surface area contributed by atoms with Gasteiger partial charge in [-0.05, 0) is 24.5 Å². The largest absolute Gasteiger partial charge is 0.391 e. The number of carbonyl (C=O) groups excluding carboxylic acids is 1. The lowest BCUT2D eigenvalue weighted by Crippen LogP contribution is -2.42. The zero-order valence-electron chi connectivity index (χ0n) is 16.9. The molecule has 4 atom stereocenters. The number of ether oxygens (including phenoxy) is 1. The van der Waals surface area contributed by atoms with E-state index in [1.165, 1.54) is 0 Å². The highest BCUT2D eigenvalue weighted by Crippen LogP contribution is 2.22. The van der Waals surface area contributed by atoms with Crippen LogP contribution in [0.25, 0.3) is 0 Å². The van der Waals surface area contributed by atoms with Gasteiger partial charge in [-0.15, -0.1) is 0 Å². The Bertz CT molecular complexity index is 707. The molecular weight excluding hydrogens is 354 g/mol. The molecule has 152 valence electrons. The van der Waals surface area contributed by atoms with E-state index in [1.807, 2.05) is 67.6 Å². The first-order valence-corrected chi connectivity index (χ1v) is 9.69. The molecule has 0 aliphatic heterocycles. The van der Waals surface area contributed by atoms with Crippen LogP contribution < -0.4 is 0 Å². The van der Waals surface area contributed by atoms with Crippen LogP contribution >= 0.6 is 0 Å². The van der Waals surface area contributed by atoms with Gasteiger partial charge in [0.1, 0.15) is 0 Å². The molecule has 0 saturated carbocycles. The third-order valence-corrected chi connectivity index (χ3v) is 5.03. The third-order valence-electron chi connectivity index (χ3n) is 5.03. The summed E-state index contributed by atoms with van der Waals surface area (Å²) in [5, 5.41) is 20.7. The first-order chi connectivity index (χ1) is 13.4. The molecule has 0 unspecified atom stereocenters. The second-order valence-electron chi connectivity index (χ2n) is 7.34. The number of amides is 1. The van der Waals surface area contributed by atoms with Crippen LogP contribution in [0.1, 0.15) is 37.5 Å². The van der Waals surface area contributed by atoms with Crippen molar-refractivity contribution in [1.82, 2.24) is 4.90 Å². The van der Waals surface area contributed by atoms with Crippen LogP contribution in [0.2, 0.25) is 0 Å². The molecule has 2 N–H and O–H groups in total. The van der Waals surface area contributed by atoms with Gasteiger partial charge in [-0.1, -0.05) is 67.6 Å². The predicted octanol–water partition coefficient (Wildman–Crippen LogP) is 3.17. The molecule has 2 aromatic carbocycles. The fourth-order valence-corrected chi connectivity index (χ4v) is 3.15. The number of aliphatic hydroxyl groups is 2. The first kappa shape index (κ1) is 22.1. The fraction of sp³-hybridized carbons (Fsp3) is 0.435. The predicted molar refractivity (Wildman–Crippen MR) is 110 cm³/mol. The zero-order chi connectivity index (χ0) is 20.5. The van der Waals surface area contributed by atoms with Crippen LogP contribution in [0.5, 0.6) is 0 Å². The van der Waals surface area contributed by atoms with Crippen LogP contribution in [0.15, 0.2) is 60.7 Å². The topological polar surface area (TPSA) is 70.0 Å². The molecule has 1 amide bonds.